The normalized spacial score (nSPS) is 18.4. The number of piperazine rings is 2. The van der Waals surface area contributed by atoms with Gasteiger partial charge in [0.15, 0.2) is 11.6 Å². The van der Waals surface area contributed by atoms with E-state index in [4.69, 9.17) is 0 Å². The molecule has 0 aromatic carbocycles. The van der Waals surface area contributed by atoms with Gasteiger partial charge in [-0.1, -0.05) is 0 Å². The zero-order valence-electron chi connectivity index (χ0n) is 17.2. The van der Waals surface area contributed by atoms with Crippen molar-refractivity contribution >= 4 is 17.5 Å². The number of halogens is 3. The van der Waals surface area contributed by atoms with Gasteiger partial charge in [-0.3, -0.25) is 9.78 Å². The van der Waals surface area contributed by atoms with Crippen molar-refractivity contribution in [3.63, 3.8) is 0 Å². The molecule has 2 fully saturated rings. The van der Waals surface area contributed by atoms with Crippen LogP contribution in [0.5, 0.6) is 0 Å². The van der Waals surface area contributed by atoms with Crippen LogP contribution in [0.1, 0.15) is 16.1 Å². The molecular formula is C20H24F3N7O. The molecule has 2 aromatic heterocycles. The summed E-state index contributed by atoms with van der Waals surface area (Å²) in [7, 11) is 2.10. The van der Waals surface area contributed by atoms with E-state index in [1.165, 1.54) is 6.07 Å². The fourth-order valence-corrected chi connectivity index (χ4v) is 3.70. The van der Waals surface area contributed by atoms with Crippen molar-refractivity contribution in [2.75, 3.05) is 69.2 Å². The number of hydrogen-bond donors (Lipinski definition) is 0. The van der Waals surface area contributed by atoms with Crippen LogP contribution < -0.4 is 9.80 Å². The van der Waals surface area contributed by atoms with Crippen LogP contribution in [0.4, 0.5) is 24.8 Å². The van der Waals surface area contributed by atoms with Gasteiger partial charge < -0.3 is 19.6 Å². The summed E-state index contributed by atoms with van der Waals surface area (Å²) < 4.78 is 37.9. The fraction of sp³-hybridized carbons (Fsp3) is 0.500. The second kappa shape index (κ2) is 8.66. The van der Waals surface area contributed by atoms with Gasteiger partial charge in [0, 0.05) is 58.6 Å². The van der Waals surface area contributed by atoms with E-state index in [1.54, 1.807) is 4.90 Å². The maximum Gasteiger partial charge on any atom is 0.433 e. The molecule has 8 nitrogen and oxygen atoms in total. The van der Waals surface area contributed by atoms with Crippen LogP contribution >= 0.6 is 0 Å². The van der Waals surface area contributed by atoms with E-state index < -0.39 is 11.9 Å². The highest BCUT2D eigenvalue weighted by molar-refractivity contribution is 5.94. The molecule has 31 heavy (non-hydrogen) atoms. The Morgan fingerprint density at radius 1 is 0.839 bits per heavy atom. The van der Waals surface area contributed by atoms with E-state index in [0.717, 1.165) is 50.1 Å². The van der Waals surface area contributed by atoms with Crippen molar-refractivity contribution in [2.24, 2.45) is 0 Å². The number of anilines is 2. The maximum atomic E-state index is 12.6. The zero-order chi connectivity index (χ0) is 22.0. The Morgan fingerprint density at radius 3 is 1.84 bits per heavy atom. The summed E-state index contributed by atoms with van der Waals surface area (Å²) >= 11 is 0. The Balaban J connectivity index is 1.32. The molecule has 0 radical (unpaired) electrons. The van der Waals surface area contributed by atoms with Crippen molar-refractivity contribution in [2.45, 2.75) is 6.18 Å². The molecule has 2 aliphatic rings. The molecule has 0 bridgehead atoms. The molecule has 0 aliphatic carbocycles. The first-order valence-corrected chi connectivity index (χ1v) is 10.2. The SMILES string of the molecule is CN1CCN(c2ccc(N3CCN(C(=O)c4ccc(C(F)(F)F)nc4)CC3)nn2)CC1. The summed E-state index contributed by atoms with van der Waals surface area (Å²) in [5.41, 5.74) is -0.856. The van der Waals surface area contributed by atoms with Crippen molar-refractivity contribution in [3.8, 4) is 0 Å². The molecule has 11 heteroatoms. The number of carbonyl (C=O) groups is 1. The van der Waals surface area contributed by atoms with Gasteiger partial charge in [0.05, 0.1) is 5.56 Å². The van der Waals surface area contributed by atoms with Gasteiger partial charge in [-0.2, -0.15) is 13.2 Å². The van der Waals surface area contributed by atoms with Crippen LogP contribution in [0.15, 0.2) is 30.5 Å². The lowest BCUT2D eigenvalue weighted by Crippen LogP contribution is -2.49. The Hall–Kier alpha value is -2.95. The van der Waals surface area contributed by atoms with E-state index in [9.17, 15) is 18.0 Å². The van der Waals surface area contributed by atoms with E-state index in [2.05, 4.69) is 36.9 Å². The molecule has 2 aliphatic heterocycles. The largest absolute Gasteiger partial charge is 0.433 e. The molecular weight excluding hydrogens is 411 g/mol. The lowest BCUT2D eigenvalue weighted by molar-refractivity contribution is -0.141. The Bertz CT molecular complexity index is 888. The van der Waals surface area contributed by atoms with E-state index >= 15 is 0 Å². The van der Waals surface area contributed by atoms with Crippen molar-refractivity contribution in [3.05, 3.63) is 41.7 Å². The third-order valence-electron chi connectivity index (χ3n) is 5.66. The number of likely N-dealkylation sites (N-methyl/N-ethyl adjacent to an activating group) is 1. The average molecular weight is 435 g/mol. The summed E-state index contributed by atoms with van der Waals surface area (Å²) in [6.07, 6.45) is -3.53. The summed E-state index contributed by atoms with van der Waals surface area (Å²) in [4.78, 5) is 24.1. The molecule has 1 amide bonds. The number of alkyl halides is 3. The van der Waals surface area contributed by atoms with Crippen LogP contribution in [0.2, 0.25) is 0 Å². The van der Waals surface area contributed by atoms with Gasteiger partial charge in [0.1, 0.15) is 5.69 Å². The molecule has 0 saturated carbocycles. The molecule has 0 atom stereocenters. The highest BCUT2D eigenvalue weighted by atomic mass is 19.4. The van der Waals surface area contributed by atoms with Gasteiger partial charge >= 0.3 is 6.18 Å². The standard InChI is InChI=1S/C20H24F3N7O/c1-27-6-8-28(9-7-27)17-4-5-18(26-25-17)29-10-12-30(13-11-29)19(31)15-2-3-16(24-14-15)20(21,22)23/h2-5,14H,6-13H2,1H3. The zero-order valence-corrected chi connectivity index (χ0v) is 17.2. The Morgan fingerprint density at radius 2 is 1.39 bits per heavy atom. The summed E-state index contributed by atoms with van der Waals surface area (Å²) in [6, 6.07) is 5.92. The number of rotatable bonds is 3. The molecule has 2 aromatic rings. The minimum absolute atomic E-state index is 0.151. The summed E-state index contributed by atoms with van der Waals surface area (Å²) in [5, 5.41) is 8.73. The highest BCUT2D eigenvalue weighted by Crippen LogP contribution is 2.27. The topological polar surface area (TPSA) is 68.7 Å². The molecule has 166 valence electrons. The van der Waals surface area contributed by atoms with E-state index in [0.29, 0.717) is 26.2 Å². The second-order valence-corrected chi connectivity index (χ2v) is 7.75. The molecule has 0 N–H and O–H groups in total. The lowest BCUT2D eigenvalue weighted by atomic mass is 10.2. The molecule has 0 unspecified atom stereocenters. The van der Waals surface area contributed by atoms with Crippen molar-refractivity contribution in [1.29, 1.82) is 0 Å². The average Bonchev–Trinajstić information content (AvgIpc) is 2.79. The smallest absolute Gasteiger partial charge is 0.353 e. The number of hydrogen-bond acceptors (Lipinski definition) is 7. The number of nitrogens with zero attached hydrogens (tertiary/aromatic N) is 7. The predicted molar refractivity (Wildman–Crippen MR) is 109 cm³/mol. The number of carbonyl (C=O) groups excluding carboxylic acids is 1. The van der Waals surface area contributed by atoms with Crippen LogP contribution in [-0.4, -0.2) is 90.3 Å². The predicted octanol–water partition coefficient (Wildman–Crippen LogP) is 1.60. The van der Waals surface area contributed by atoms with Crippen LogP contribution in [-0.2, 0) is 6.18 Å². The van der Waals surface area contributed by atoms with Gasteiger partial charge in [-0.25, -0.2) is 0 Å². The maximum absolute atomic E-state index is 12.6. The van der Waals surface area contributed by atoms with Gasteiger partial charge in [-0.15, -0.1) is 10.2 Å². The first-order valence-electron chi connectivity index (χ1n) is 10.2. The molecule has 4 heterocycles. The highest BCUT2D eigenvalue weighted by Gasteiger charge is 2.32. The first-order chi connectivity index (χ1) is 14.8. The molecule has 2 saturated heterocycles. The second-order valence-electron chi connectivity index (χ2n) is 7.75. The minimum atomic E-state index is -4.52. The van der Waals surface area contributed by atoms with Gasteiger partial charge in [-0.05, 0) is 31.3 Å². The van der Waals surface area contributed by atoms with Crippen molar-refractivity contribution < 1.29 is 18.0 Å². The van der Waals surface area contributed by atoms with Crippen molar-refractivity contribution in [1.82, 2.24) is 25.0 Å². The Kier molecular flexibility index (Phi) is 5.94. The lowest BCUT2D eigenvalue weighted by Gasteiger charge is -2.35. The van der Waals surface area contributed by atoms with Gasteiger partial charge in [0.25, 0.3) is 5.91 Å². The quantitative estimate of drug-likeness (QED) is 0.726. The third kappa shape index (κ3) is 4.87. The Labute approximate surface area is 178 Å². The number of pyridine rings is 1. The molecule has 0 spiro atoms. The number of aromatic nitrogens is 3. The van der Waals surface area contributed by atoms with Gasteiger partial charge in [0.2, 0.25) is 0 Å². The third-order valence-corrected chi connectivity index (χ3v) is 5.66. The summed E-state index contributed by atoms with van der Waals surface area (Å²) in [6.45, 7) is 5.87. The monoisotopic (exact) mass is 435 g/mol. The van der Waals surface area contributed by atoms with Crippen LogP contribution in [0, 0.1) is 0 Å². The van der Waals surface area contributed by atoms with Crippen LogP contribution in [0.25, 0.3) is 0 Å². The van der Waals surface area contributed by atoms with Crippen LogP contribution in [0.3, 0.4) is 0 Å². The summed E-state index contributed by atoms with van der Waals surface area (Å²) in [5.74, 6) is 1.29. The van der Waals surface area contributed by atoms with E-state index in [1.807, 2.05) is 12.1 Å². The fourth-order valence-electron chi connectivity index (χ4n) is 3.70. The number of amides is 1. The van der Waals surface area contributed by atoms with E-state index in [-0.39, 0.29) is 11.5 Å². The molecule has 4 rings (SSSR count). The minimum Gasteiger partial charge on any atom is -0.353 e. The first kappa shape index (κ1) is 21.3.